The van der Waals surface area contributed by atoms with Gasteiger partial charge in [0.2, 0.25) is 5.91 Å². The molecular formula is C16H17N5O3S. The molecule has 0 saturated carbocycles. The van der Waals surface area contributed by atoms with Gasteiger partial charge in [0, 0.05) is 0 Å². The second-order valence-corrected chi connectivity index (χ2v) is 6.99. The van der Waals surface area contributed by atoms with E-state index in [0.29, 0.717) is 10.8 Å². The van der Waals surface area contributed by atoms with Crippen molar-refractivity contribution in [2.24, 2.45) is 5.92 Å². The fourth-order valence-electron chi connectivity index (χ4n) is 2.42. The maximum atomic E-state index is 12.4. The van der Waals surface area contributed by atoms with Gasteiger partial charge < -0.3 is 15.4 Å². The fraction of sp³-hybridized carbons (Fsp3) is 0.312. The van der Waals surface area contributed by atoms with Crippen LogP contribution in [0.1, 0.15) is 18.2 Å². The number of carbonyl (C=O) groups excluding carboxylic acids is 1. The van der Waals surface area contributed by atoms with Crippen molar-refractivity contribution in [1.82, 2.24) is 14.8 Å². The van der Waals surface area contributed by atoms with E-state index in [1.807, 2.05) is 25.1 Å². The van der Waals surface area contributed by atoms with Crippen molar-refractivity contribution < 1.29 is 9.72 Å². The molecule has 9 heteroatoms. The number of nitrogens with zero attached hydrogens (tertiary/aromatic N) is 4. The molecule has 0 spiro atoms. The number of fused-ring (bicyclic) bond motifs is 1. The molecule has 130 valence electrons. The second kappa shape index (κ2) is 6.60. The van der Waals surface area contributed by atoms with Crippen molar-refractivity contribution in [1.29, 1.82) is 0 Å². The molecule has 1 amide bonds. The van der Waals surface area contributed by atoms with Gasteiger partial charge in [0.1, 0.15) is 0 Å². The lowest BCUT2D eigenvalue weighted by Gasteiger charge is -2.09. The lowest BCUT2D eigenvalue weighted by atomic mass is 10.1. The van der Waals surface area contributed by atoms with Crippen LogP contribution >= 0.6 is 11.3 Å². The highest BCUT2D eigenvalue weighted by atomic mass is 32.1. The van der Waals surface area contributed by atoms with Crippen LogP contribution in [0, 0.1) is 29.9 Å². The van der Waals surface area contributed by atoms with Gasteiger partial charge >= 0.3 is 5.82 Å². The van der Waals surface area contributed by atoms with Gasteiger partial charge in [0.25, 0.3) is 0 Å². The number of hydrogen-bond donors (Lipinski definition) is 1. The first-order valence-electron chi connectivity index (χ1n) is 7.70. The number of amides is 1. The van der Waals surface area contributed by atoms with Gasteiger partial charge in [-0.15, -0.1) is 0 Å². The Hall–Kier alpha value is -2.81. The lowest BCUT2D eigenvalue weighted by Crippen LogP contribution is -2.25. The normalized spacial score (nSPS) is 12.3. The summed E-state index contributed by atoms with van der Waals surface area (Å²) < 4.78 is 2.49. The SMILES string of the molecule is Cc1ccc2nc(NC(=O)C(C)Cn3nc([N+](=O)[O-])cc3C)sc2c1. The predicted octanol–water partition coefficient (Wildman–Crippen LogP) is 3.29. The van der Waals surface area contributed by atoms with E-state index in [-0.39, 0.29) is 18.3 Å². The third-order valence-corrected chi connectivity index (χ3v) is 4.76. The van der Waals surface area contributed by atoms with E-state index in [2.05, 4.69) is 15.4 Å². The van der Waals surface area contributed by atoms with Crippen LogP contribution in [0.3, 0.4) is 0 Å². The molecule has 0 aliphatic rings. The van der Waals surface area contributed by atoms with Crippen LogP contribution in [0.25, 0.3) is 10.2 Å². The van der Waals surface area contributed by atoms with E-state index in [1.54, 1.807) is 13.8 Å². The number of rotatable bonds is 5. The van der Waals surface area contributed by atoms with Crippen LogP contribution < -0.4 is 5.32 Å². The Kier molecular flexibility index (Phi) is 4.49. The molecule has 25 heavy (non-hydrogen) atoms. The van der Waals surface area contributed by atoms with Crippen molar-refractivity contribution in [2.75, 3.05) is 5.32 Å². The van der Waals surface area contributed by atoms with Gasteiger partial charge in [-0.2, -0.15) is 4.68 Å². The topological polar surface area (TPSA) is 103 Å². The maximum Gasteiger partial charge on any atom is 0.390 e. The molecule has 0 aliphatic carbocycles. The minimum atomic E-state index is -0.544. The van der Waals surface area contributed by atoms with Gasteiger partial charge in [-0.1, -0.05) is 24.3 Å². The van der Waals surface area contributed by atoms with Crippen LogP contribution in [-0.4, -0.2) is 25.6 Å². The first-order valence-corrected chi connectivity index (χ1v) is 8.52. The molecule has 0 fully saturated rings. The first kappa shape index (κ1) is 17.0. The average Bonchev–Trinajstić information content (AvgIpc) is 3.10. The molecule has 0 saturated heterocycles. The summed E-state index contributed by atoms with van der Waals surface area (Å²) in [5.41, 5.74) is 2.62. The minimum absolute atomic E-state index is 0.201. The zero-order valence-corrected chi connectivity index (χ0v) is 14.8. The van der Waals surface area contributed by atoms with E-state index in [0.717, 1.165) is 15.8 Å². The molecule has 1 aromatic carbocycles. The largest absolute Gasteiger partial charge is 0.390 e. The third-order valence-electron chi connectivity index (χ3n) is 3.82. The van der Waals surface area contributed by atoms with Crippen LogP contribution in [0.15, 0.2) is 24.3 Å². The molecular weight excluding hydrogens is 342 g/mol. The molecule has 3 rings (SSSR count). The Morgan fingerprint density at radius 1 is 1.40 bits per heavy atom. The minimum Gasteiger partial charge on any atom is -0.358 e. The molecule has 1 unspecified atom stereocenters. The molecule has 1 atom stereocenters. The Morgan fingerprint density at radius 2 is 2.16 bits per heavy atom. The lowest BCUT2D eigenvalue weighted by molar-refractivity contribution is -0.389. The standard InChI is InChI=1S/C16H17N5O3S/c1-9-4-5-12-13(6-9)25-16(17-12)18-15(22)10(2)8-20-11(3)7-14(19-20)21(23)24/h4-7,10H,8H2,1-3H3,(H,17,18,22). The highest BCUT2D eigenvalue weighted by Gasteiger charge is 2.21. The average molecular weight is 359 g/mol. The van der Waals surface area contributed by atoms with E-state index in [4.69, 9.17) is 0 Å². The molecule has 2 heterocycles. The third kappa shape index (κ3) is 3.66. The van der Waals surface area contributed by atoms with Crippen molar-refractivity contribution in [2.45, 2.75) is 27.3 Å². The summed E-state index contributed by atoms with van der Waals surface area (Å²) >= 11 is 1.42. The Morgan fingerprint density at radius 3 is 2.84 bits per heavy atom. The highest BCUT2D eigenvalue weighted by molar-refractivity contribution is 7.22. The number of aryl methyl sites for hydroxylation is 2. The van der Waals surface area contributed by atoms with Crippen LogP contribution in [0.5, 0.6) is 0 Å². The Balaban J connectivity index is 1.70. The number of hydrogen-bond acceptors (Lipinski definition) is 6. The van der Waals surface area contributed by atoms with Crippen molar-refractivity contribution in [3.8, 4) is 0 Å². The fourth-order valence-corrected chi connectivity index (χ4v) is 3.39. The summed E-state index contributed by atoms with van der Waals surface area (Å²) in [6, 6.07) is 7.31. The number of aromatic nitrogens is 3. The Labute approximate surface area is 147 Å². The molecule has 1 N–H and O–H groups in total. The molecule has 0 bridgehead atoms. The molecule has 8 nitrogen and oxygen atoms in total. The van der Waals surface area contributed by atoms with Gasteiger partial charge in [0.05, 0.1) is 39.5 Å². The van der Waals surface area contributed by atoms with Crippen LogP contribution in [0.2, 0.25) is 0 Å². The van der Waals surface area contributed by atoms with Crippen LogP contribution in [0.4, 0.5) is 10.9 Å². The number of carbonyl (C=O) groups is 1. The van der Waals surface area contributed by atoms with Gasteiger partial charge in [0.15, 0.2) is 5.13 Å². The highest BCUT2D eigenvalue weighted by Crippen LogP contribution is 2.27. The quantitative estimate of drug-likeness (QED) is 0.556. The molecule has 3 aromatic rings. The summed E-state index contributed by atoms with van der Waals surface area (Å²) in [4.78, 5) is 27.0. The molecule has 2 aromatic heterocycles. The summed E-state index contributed by atoms with van der Waals surface area (Å²) in [5, 5.41) is 18.0. The van der Waals surface area contributed by atoms with Gasteiger partial charge in [-0.25, -0.2) is 4.98 Å². The number of nitro groups is 1. The van der Waals surface area contributed by atoms with E-state index in [1.165, 1.54) is 22.1 Å². The van der Waals surface area contributed by atoms with E-state index < -0.39 is 10.8 Å². The number of benzene rings is 1. The van der Waals surface area contributed by atoms with Crippen molar-refractivity contribution in [3.63, 3.8) is 0 Å². The van der Waals surface area contributed by atoms with E-state index >= 15 is 0 Å². The Bertz CT molecular complexity index is 962. The van der Waals surface area contributed by atoms with Crippen LogP contribution in [-0.2, 0) is 11.3 Å². The van der Waals surface area contributed by atoms with Gasteiger partial charge in [-0.3, -0.25) is 4.79 Å². The smallest absolute Gasteiger partial charge is 0.358 e. The summed E-state index contributed by atoms with van der Waals surface area (Å²) in [6.07, 6.45) is 0. The van der Waals surface area contributed by atoms with E-state index in [9.17, 15) is 14.9 Å². The second-order valence-electron chi connectivity index (χ2n) is 5.96. The van der Waals surface area contributed by atoms with Crippen molar-refractivity contribution >= 4 is 38.4 Å². The number of thiazole rings is 1. The maximum absolute atomic E-state index is 12.4. The molecule has 0 aliphatic heterocycles. The van der Waals surface area contributed by atoms with Crippen molar-refractivity contribution in [3.05, 3.63) is 45.6 Å². The zero-order chi connectivity index (χ0) is 18.1. The number of anilines is 1. The predicted molar refractivity (Wildman–Crippen MR) is 95.8 cm³/mol. The first-order chi connectivity index (χ1) is 11.8. The zero-order valence-electron chi connectivity index (χ0n) is 14.0. The molecule has 0 radical (unpaired) electrons. The monoisotopic (exact) mass is 359 g/mol. The number of nitrogens with one attached hydrogen (secondary N) is 1. The summed E-state index contributed by atoms with van der Waals surface area (Å²) in [6.45, 7) is 5.74. The summed E-state index contributed by atoms with van der Waals surface area (Å²) in [5.74, 6) is -0.827. The van der Waals surface area contributed by atoms with Gasteiger partial charge in [-0.05, 0) is 36.5 Å². The summed E-state index contributed by atoms with van der Waals surface area (Å²) in [7, 11) is 0.